The third-order valence-electron chi connectivity index (χ3n) is 4.91. The van der Waals surface area contributed by atoms with Crippen molar-refractivity contribution in [2.24, 2.45) is 0 Å². The Hall–Kier alpha value is -3.33. The van der Waals surface area contributed by atoms with E-state index in [1.807, 2.05) is 13.0 Å². The van der Waals surface area contributed by atoms with Crippen molar-refractivity contribution < 1.29 is 13.9 Å². The monoisotopic (exact) mass is 439 g/mol. The highest BCUT2D eigenvalue weighted by molar-refractivity contribution is 7.99. The first-order chi connectivity index (χ1) is 15.0. The lowest BCUT2D eigenvalue weighted by Gasteiger charge is -2.29. The van der Waals surface area contributed by atoms with Gasteiger partial charge >= 0.3 is 0 Å². The van der Waals surface area contributed by atoms with Crippen LogP contribution >= 0.6 is 11.8 Å². The number of aromatic nitrogens is 3. The van der Waals surface area contributed by atoms with Gasteiger partial charge in [-0.3, -0.25) is 4.79 Å². The first-order valence-corrected chi connectivity index (χ1v) is 10.8. The number of nitrogens with one attached hydrogen (secondary N) is 2. The highest BCUT2D eigenvalue weighted by atomic mass is 32.2. The molecule has 1 aromatic heterocycles. The maximum absolute atomic E-state index is 14.9. The zero-order valence-corrected chi connectivity index (χ0v) is 18.2. The fourth-order valence-corrected chi connectivity index (χ4v) is 4.09. The number of para-hydroxylation sites is 2. The van der Waals surface area contributed by atoms with E-state index in [0.717, 1.165) is 5.75 Å². The predicted molar refractivity (Wildman–Crippen MR) is 119 cm³/mol. The van der Waals surface area contributed by atoms with Crippen molar-refractivity contribution in [1.29, 1.82) is 0 Å². The Balaban J connectivity index is 1.80. The molecule has 1 atom stereocenters. The van der Waals surface area contributed by atoms with Crippen molar-refractivity contribution in [2.75, 3.05) is 23.5 Å². The number of allylic oxidation sites excluding steroid dienone is 1. The number of benzene rings is 2. The fourth-order valence-electron chi connectivity index (χ4n) is 3.54. The highest BCUT2D eigenvalue weighted by Crippen LogP contribution is 2.38. The SMILES string of the molecule is CCSc1nc2n(n1)C(c1ccccc1F)C(C(=O)Nc1ccccc1OC)=C(C)N2. The van der Waals surface area contributed by atoms with Crippen LogP contribution in [0.15, 0.2) is 65.0 Å². The summed E-state index contributed by atoms with van der Waals surface area (Å²) in [7, 11) is 1.54. The van der Waals surface area contributed by atoms with Crippen LogP contribution < -0.4 is 15.4 Å². The molecule has 0 saturated carbocycles. The van der Waals surface area contributed by atoms with E-state index >= 15 is 0 Å². The molecule has 4 rings (SSSR count). The second-order valence-electron chi connectivity index (χ2n) is 6.84. The molecule has 2 N–H and O–H groups in total. The number of anilines is 2. The van der Waals surface area contributed by atoms with Gasteiger partial charge in [-0.05, 0) is 30.9 Å². The first-order valence-electron chi connectivity index (χ1n) is 9.79. The minimum atomic E-state index is -0.772. The van der Waals surface area contributed by atoms with Crippen LogP contribution in [0.3, 0.4) is 0 Å². The summed E-state index contributed by atoms with van der Waals surface area (Å²) in [6, 6.07) is 12.7. The minimum absolute atomic E-state index is 0.340. The van der Waals surface area contributed by atoms with E-state index in [1.54, 1.807) is 48.0 Å². The number of fused-ring (bicyclic) bond motifs is 1. The van der Waals surface area contributed by atoms with Gasteiger partial charge in [0.2, 0.25) is 11.1 Å². The lowest BCUT2D eigenvalue weighted by Crippen LogP contribution is -2.32. The maximum Gasteiger partial charge on any atom is 0.255 e. The molecule has 2 heterocycles. The average molecular weight is 440 g/mol. The van der Waals surface area contributed by atoms with Gasteiger partial charge in [-0.2, -0.15) is 4.98 Å². The van der Waals surface area contributed by atoms with Crippen molar-refractivity contribution in [3.05, 3.63) is 71.2 Å². The van der Waals surface area contributed by atoms with E-state index in [0.29, 0.717) is 39.4 Å². The molecule has 1 unspecified atom stereocenters. The summed E-state index contributed by atoms with van der Waals surface area (Å²) in [5.41, 5.74) is 1.79. The molecule has 7 nitrogen and oxygen atoms in total. The van der Waals surface area contributed by atoms with Crippen LogP contribution in [0.5, 0.6) is 5.75 Å². The van der Waals surface area contributed by atoms with Crippen LogP contribution in [0.25, 0.3) is 0 Å². The summed E-state index contributed by atoms with van der Waals surface area (Å²) < 4.78 is 21.8. The molecular formula is C22H22FN5O2S. The fraction of sp³-hybridized carbons (Fsp3) is 0.227. The normalized spacial score (nSPS) is 15.3. The maximum atomic E-state index is 14.9. The van der Waals surface area contributed by atoms with Crippen molar-refractivity contribution in [1.82, 2.24) is 14.8 Å². The van der Waals surface area contributed by atoms with Crippen LogP contribution in [-0.2, 0) is 4.79 Å². The summed E-state index contributed by atoms with van der Waals surface area (Å²) in [4.78, 5) is 17.9. The standard InChI is InChI=1S/C22H22FN5O2S/c1-4-31-22-26-21-24-13(2)18(20(29)25-16-11-7-8-12-17(16)30-3)19(28(21)27-22)14-9-5-6-10-15(14)23/h5-12,19H,4H2,1-3H3,(H,25,29)(H,24,26,27). The van der Waals surface area contributed by atoms with E-state index in [-0.39, 0.29) is 5.91 Å². The quantitative estimate of drug-likeness (QED) is 0.552. The molecule has 0 radical (unpaired) electrons. The number of carbonyl (C=O) groups is 1. The van der Waals surface area contributed by atoms with Gasteiger partial charge in [0, 0.05) is 11.3 Å². The van der Waals surface area contributed by atoms with Gasteiger partial charge in [-0.25, -0.2) is 9.07 Å². The summed E-state index contributed by atoms with van der Waals surface area (Å²) in [6.07, 6.45) is 0. The second-order valence-corrected chi connectivity index (χ2v) is 8.07. The van der Waals surface area contributed by atoms with Crippen molar-refractivity contribution in [2.45, 2.75) is 25.0 Å². The molecule has 160 valence electrons. The van der Waals surface area contributed by atoms with Gasteiger partial charge in [0.25, 0.3) is 5.91 Å². The molecule has 0 bridgehead atoms. The first kappa shape index (κ1) is 20.9. The minimum Gasteiger partial charge on any atom is -0.495 e. The number of methoxy groups -OCH3 is 1. The highest BCUT2D eigenvalue weighted by Gasteiger charge is 2.36. The molecule has 0 aliphatic carbocycles. The molecule has 1 aliphatic heterocycles. The number of rotatable bonds is 6. The van der Waals surface area contributed by atoms with Crippen LogP contribution in [0.4, 0.5) is 16.0 Å². The number of nitrogens with zero attached hydrogens (tertiary/aromatic N) is 3. The van der Waals surface area contributed by atoms with Crippen LogP contribution in [0.1, 0.15) is 25.5 Å². The van der Waals surface area contributed by atoms with Gasteiger partial charge in [-0.1, -0.05) is 49.0 Å². The Kier molecular flexibility index (Phi) is 5.94. The summed E-state index contributed by atoms with van der Waals surface area (Å²) in [5.74, 6) is 0.991. The zero-order valence-electron chi connectivity index (χ0n) is 17.3. The predicted octanol–water partition coefficient (Wildman–Crippen LogP) is 4.47. The molecule has 31 heavy (non-hydrogen) atoms. The van der Waals surface area contributed by atoms with Gasteiger partial charge in [0.15, 0.2) is 0 Å². The molecule has 1 amide bonds. The Labute approximate surface area is 183 Å². The Morgan fingerprint density at radius 1 is 1.26 bits per heavy atom. The lowest BCUT2D eigenvalue weighted by atomic mass is 9.94. The number of hydrogen-bond donors (Lipinski definition) is 2. The topological polar surface area (TPSA) is 81.1 Å². The smallest absolute Gasteiger partial charge is 0.255 e. The Morgan fingerprint density at radius 3 is 2.74 bits per heavy atom. The lowest BCUT2D eigenvalue weighted by molar-refractivity contribution is -0.113. The molecule has 0 fully saturated rings. The van der Waals surface area contributed by atoms with Crippen molar-refractivity contribution in [3.8, 4) is 5.75 Å². The van der Waals surface area contributed by atoms with Gasteiger partial charge in [-0.15, -0.1) is 5.10 Å². The van der Waals surface area contributed by atoms with E-state index in [4.69, 9.17) is 4.74 Å². The second kappa shape index (κ2) is 8.81. The van der Waals surface area contributed by atoms with Crippen LogP contribution in [-0.4, -0.2) is 33.5 Å². The van der Waals surface area contributed by atoms with Gasteiger partial charge in [0.05, 0.1) is 18.4 Å². The average Bonchev–Trinajstić information content (AvgIpc) is 3.15. The van der Waals surface area contributed by atoms with E-state index in [1.165, 1.54) is 24.9 Å². The Morgan fingerprint density at radius 2 is 2.00 bits per heavy atom. The molecule has 3 aromatic rings. The van der Waals surface area contributed by atoms with Crippen molar-refractivity contribution in [3.63, 3.8) is 0 Å². The van der Waals surface area contributed by atoms with E-state index < -0.39 is 11.9 Å². The number of carbonyl (C=O) groups excluding carboxylic acids is 1. The third-order valence-corrected chi connectivity index (χ3v) is 5.63. The Bertz CT molecular complexity index is 1160. The van der Waals surface area contributed by atoms with Crippen LogP contribution in [0, 0.1) is 5.82 Å². The largest absolute Gasteiger partial charge is 0.495 e. The van der Waals surface area contributed by atoms with E-state index in [9.17, 15) is 9.18 Å². The summed E-state index contributed by atoms with van der Waals surface area (Å²) in [5, 5.41) is 11.1. The van der Waals surface area contributed by atoms with E-state index in [2.05, 4.69) is 20.7 Å². The molecule has 0 spiro atoms. The number of amides is 1. The number of halogens is 1. The van der Waals surface area contributed by atoms with Crippen LogP contribution in [0.2, 0.25) is 0 Å². The molecule has 2 aromatic carbocycles. The molecule has 0 saturated heterocycles. The number of ether oxygens (including phenoxy) is 1. The molecule has 9 heteroatoms. The molecular weight excluding hydrogens is 417 g/mol. The van der Waals surface area contributed by atoms with Gasteiger partial charge in [0.1, 0.15) is 17.6 Å². The third kappa shape index (κ3) is 4.00. The molecule has 1 aliphatic rings. The number of thioether (sulfide) groups is 1. The number of hydrogen-bond acceptors (Lipinski definition) is 6. The summed E-state index contributed by atoms with van der Waals surface area (Å²) >= 11 is 1.48. The van der Waals surface area contributed by atoms with Crippen molar-refractivity contribution >= 4 is 29.3 Å². The van der Waals surface area contributed by atoms with Gasteiger partial charge < -0.3 is 15.4 Å². The zero-order chi connectivity index (χ0) is 22.0. The summed E-state index contributed by atoms with van der Waals surface area (Å²) in [6.45, 7) is 3.78.